The van der Waals surface area contributed by atoms with Crippen LogP contribution in [0.1, 0.15) is 89.5 Å². The van der Waals surface area contributed by atoms with Gasteiger partial charge in [0.05, 0.1) is 18.3 Å². The molecule has 0 saturated carbocycles. The summed E-state index contributed by atoms with van der Waals surface area (Å²) in [6.07, 6.45) is 9.12. The van der Waals surface area contributed by atoms with Gasteiger partial charge in [0.1, 0.15) is 6.29 Å². The minimum Gasteiger partial charge on any atom is -0.413 e. The lowest BCUT2D eigenvalue weighted by molar-refractivity contribution is -0.113. The third kappa shape index (κ3) is 11.5. The maximum Gasteiger partial charge on any atom is 0.192 e. The minimum atomic E-state index is -2.08. The van der Waals surface area contributed by atoms with Crippen molar-refractivity contribution in [1.29, 1.82) is 0 Å². The van der Waals surface area contributed by atoms with E-state index in [1.165, 1.54) is 5.57 Å². The van der Waals surface area contributed by atoms with E-state index in [0.717, 1.165) is 12.7 Å². The molecule has 0 saturated heterocycles. The molecule has 0 amide bonds. The molecule has 6 heteroatoms. The first kappa shape index (κ1) is 39.2. The number of carbonyl (C=O) groups excluding carboxylic acids is 1. The molecular formula is C34H66O4Si2. The van der Waals surface area contributed by atoms with E-state index in [2.05, 4.69) is 115 Å². The predicted octanol–water partition coefficient (Wildman–Crippen LogP) is 9.59. The number of hydrogen-bond donors (Lipinski definition) is 1. The largest absolute Gasteiger partial charge is 0.413 e. The van der Waals surface area contributed by atoms with E-state index >= 15 is 0 Å². The van der Waals surface area contributed by atoms with E-state index < -0.39 is 22.7 Å². The van der Waals surface area contributed by atoms with Crippen LogP contribution in [-0.4, -0.2) is 46.3 Å². The fourth-order valence-corrected chi connectivity index (χ4v) is 7.77. The van der Waals surface area contributed by atoms with Gasteiger partial charge in [-0.25, -0.2) is 0 Å². The maximum absolute atomic E-state index is 11.9. The minimum absolute atomic E-state index is 0.000417. The zero-order chi connectivity index (χ0) is 31.9. The molecule has 234 valence electrons. The summed E-state index contributed by atoms with van der Waals surface area (Å²) in [6.45, 7) is 39.1. The van der Waals surface area contributed by atoms with Gasteiger partial charge in [-0.05, 0) is 61.4 Å². The molecular weight excluding hydrogens is 529 g/mol. The SMILES string of the molecule is C=C/C=C\[C@H](C)[C@H](O)[C@@H](C)[C@H](O[Si](C)(C)C(C)(C)C)[C@@H](C)C/C(C)=C\[C@H](C)[C@@H](O[Si](C)(C)C(C)(C)C)[C@@H](C)C=O. The van der Waals surface area contributed by atoms with Crippen molar-refractivity contribution in [3.05, 3.63) is 36.5 Å². The van der Waals surface area contributed by atoms with E-state index in [9.17, 15) is 9.90 Å². The van der Waals surface area contributed by atoms with Crippen LogP contribution in [0.4, 0.5) is 0 Å². The Morgan fingerprint density at radius 3 is 1.68 bits per heavy atom. The van der Waals surface area contributed by atoms with Crippen molar-refractivity contribution >= 4 is 22.9 Å². The Kier molecular flexibility index (Phi) is 15.3. The lowest BCUT2D eigenvalue weighted by Crippen LogP contribution is -2.49. The summed E-state index contributed by atoms with van der Waals surface area (Å²) in [5, 5.41) is 11.5. The highest BCUT2D eigenvalue weighted by atomic mass is 28.4. The molecule has 0 fully saturated rings. The summed E-state index contributed by atoms with van der Waals surface area (Å²) < 4.78 is 13.9. The summed E-state index contributed by atoms with van der Waals surface area (Å²) in [7, 11) is -4.13. The first-order valence-electron chi connectivity index (χ1n) is 15.4. The molecule has 0 unspecified atom stereocenters. The van der Waals surface area contributed by atoms with E-state index in [0.29, 0.717) is 0 Å². The Bertz CT molecular complexity index is 847. The van der Waals surface area contributed by atoms with Crippen LogP contribution < -0.4 is 0 Å². The third-order valence-corrected chi connectivity index (χ3v) is 18.6. The second-order valence-corrected chi connectivity index (χ2v) is 25.1. The Morgan fingerprint density at radius 1 is 0.825 bits per heavy atom. The fourth-order valence-electron chi connectivity index (χ4n) is 4.82. The van der Waals surface area contributed by atoms with Crippen LogP contribution >= 0.6 is 0 Å². The molecule has 4 nitrogen and oxygen atoms in total. The van der Waals surface area contributed by atoms with E-state index in [4.69, 9.17) is 8.85 Å². The second kappa shape index (κ2) is 15.6. The summed E-state index contributed by atoms with van der Waals surface area (Å²) in [4.78, 5) is 11.9. The smallest absolute Gasteiger partial charge is 0.192 e. The molecule has 0 aliphatic carbocycles. The van der Waals surface area contributed by atoms with Gasteiger partial charge in [-0.2, -0.15) is 0 Å². The summed E-state index contributed by atoms with van der Waals surface area (Å²) in [5.41, 5.74) is 1.27. The molecule has 0 aromatic rings. The van der Waals surface area contributed by atoms with Crippen molar-refractivity contribution in [2.75, 3.05) is 0 Å². The Labute approximate surface area is 251 Å². The van der Waals surface area contributed by atoms with Gasteiger partial charge in [0.2, 0.25) is 0 Å². The van der Waals surface area contributed by atoms with Gasteiger partial charge in [-0.15, -0.1) is 0 Å². The number of hydrogen-bond acceptors (Lipinski definition) is 4. The highest BCUT2D eigenvalue weighted by molar-refractivity contribution is 6.74. The van der Waals surface area contributed by atoms with Gasteiger partial charge in [-0.1, -0.05) is 113 Å². The topological polar surface area (TPSA) is 55.8 Å². The molecule has 40 heavy (non-hydrogen) atoms. The summed E-state index contributed by atoms with van der Waals surface area (Å²) in [6, 6.07) is 0. The number of aldehydes is 1. The van der Waals surface area contributed by atoms with Crippen LogP contribution in [0.3, 0.4) is 0 Å². The second-order valence-electron chi connectivity index (χ2n) is 15.6. The van der Waals surface area contributed by atoms with E-state index in [-0.39, 0.29) is 51.9 Å². The van der Waals surface area contributed by atoms with E-state index in [1.807, 2.05) is 19.1 Å². The van der Waals surface area contributed by atoms with Crippen LogP contribution in [0.15, 0.2) is 36.5 Å². The molecule has 0 aliphatic heterocycles. The zero-order valence-corrected chi connectivity index (χ0v) is 31.1. The molecule has 0 spiro atoms. The van der Waals surface area contributed by atoms with Crippen molar-refractivity contribution in [3.8, 4) is 0 Å². The van der Waals surface area contributed by atoms with Gasteiger partial charge < -0.3 is 18.8 Å². The van der Waals surface area contributed by atoms with Gasteiger partial charge in [0.25, 0.3) is 0 Å². The Morgan fingerprint density at radius 2 is 1.27 bits per heavy atom. The third-order valence-electron chi connectivity index (χ3n) is 9.62. The fraction of sp³-hybridized carbons (Fsp3) is 0.794. The normalized spacial score (nSPS) is 20.4. The van der Waals surface area contributed by atoms with Crippen LogP contribution in [0.25, 0.3) is 0 Å². The maximum atomic E-state index is 11.9. The lowest BCUT2D eigenvalue weighted by Gasteiger charge is -2.44. The average molecular weight is 595 g/mol. The Balaban J connectivity index is 6.18. The number of rotatable bonds is 16. The number of allylic oxidation sites excluding steroid dienone is 3. The van der Waals surface area contributed by atoms with Crippen molar-refractivity contribution in [2.24, 2.45) is 29.6 Å². The van der Waals surface area contributed by atoms with Crippen LogP contribution in [0.5, 0.6) is 0 Å². The van der Waals surface area contributed by atoms with Gasteiger partial charge >= 0.3 is 0 Å². The molecule has 0 rings (SSSR count). The zero-order valence-electron chi connectivity index (χ0n) is 29.1. The molecule has 0 radical (unpaired) electrons. The molecule has 8 atom stereocenters. The van der Waals surface area contributed by atoms with Gasteiger partial charge in [-0.3, -0.25) is 0 Å². The molecule has 1 N–H and O–H groups in total. The van der Waals surface area contributed by atoms with Crippen molar-refractivity contribution < 1.29 is 18.8 Å². The van der Waals surface area contributed by atoms with Crippen LogP contribution in [0.2, 0.25) is 36.3 Å². The molecule has 0 aliphatic rings. The standard InChI is InChI=1S/C34H66O4Si2/c1-18-19-20-25(3)30(36)29(7)32(38-40(16,17)34(11,12)13)27(5)22-24(2)21-26(4)31(28(6)23-35)37-39(14,15)33(8,9)10/h18-21,23,25-32,36H,1,22H2,2-17H3/b20-19-,24-21-/t25-,26-,27-,28-,29+,30-,31+,32+/m0/s1. The number of carbonyl (C=O) groups is 1. The predicted molar refractivity (Wildman–Crippen MR) is 180 cm³/mol. The monoisotopic (exact) mass is 594 g/mol. The number of aliphatic hydroxyl groups is 1. The van der Waals surface area contributed by atoms with Crippen LogP contribution in [-0.2, 0) is 13.6 Å². The summed E-state index contributed by atoms with van der Waals surface area (Å²) in [5.74, 6) is 0.0963. The van der Waals surface area contributed by atoms with Gasteiger partial charge in [0, 0.05) is 17.8 Å². The van der Waals surface area contributed by atoms with Crippen LogP contribution in [0, 0.1) is 29.6 Å². The van der Waals surface area contributed by atoms with Crippen molar-refractivity contribution in [1.82, 2.24) is 0 Å². The highest BCUT2D eigenvalue weighted by Crippen LogP contribution is 2.42. The van der Waals surface area contributed by atoms with Gasteiger partial charge in [0.15, 0.2) is 16.6 Å². The van der Waals surface area contributed by atoms with E-state index in [1.54, 1.807) is 6.08 Å². The molecule has 0 aromatic heterocycles. The summed E-state index contributed by atoms with van der Waals surface area (Å²) >= 11 is 0. The quantitative estimate of drug-likeness (QED) is 0.0836. The lowest BCUT2D eigenvalue weighted by atomic mass is 9.81. The molecule has 0 heterocycles. The first-order valence-corrected chi connectivity index (χ1v) is 21.2. The number of aliphatic hydroxyl groups excluding tert-OH is 1. The molecule has 0 bridgehead atoms. The molecule has 0 aromatic carbocycles. The van der Waals surface area contributed by atoms with Crippen molar-refractivity contribution in [2.45, 2.75) is 144 Å². The Hall–Kier alpha value is -0.796. The first-order chi connectivity index (χ1) is 17.9. The average Bonchev–Trinajstić information content (AvgIpc) is 2.81. The highest BCUT2D eigenvalue weighted by Gasteiger charge is 2.43. The van der Waals surface area contributed by atoms with Crippen molar-refractivity contribution in [3.63, 3.8) is 0 Å².